The van der Waals surface area contributed by atoms with Crippen LogP contribution in [0.3, 0.4) is 0 Å². The minimum atomic E-state index is -0.203. The van der Waals surface area contributed by atoms with Crippen molar-refractivity contribution >= 4 is 34.8 Å². The van der Waals surface area contributed by atoms with Crippen molar-refractivity contribution in [1.82, 2.24) is 14.8 Å². The molecule has 1 N–H and O–H groups in total. The highest BCUT2D eigenvalue weighted by molar-refractivity contribution is 7.99. The van der Waals surface area contributed by atoms with Crippen molar-refractivity contribution < 1.29 is 4.79 Å². The number of ketones is 1. The Labute approximate surface area is 149 Å². The molecule has 2 atom stereocenters. The molecule has 24 heavy (non-hydrogen) atoms. The van der Waals surface area contributed by atoms with E-state index in [4.69, 9.17) is 0 Å². The number of carbonyl (C=O) groups excluding carboxylic acids is 1. The van der Waals surface area contributed by atoms with Gasteiger partial charge in [0.1, 0.15) is 11.8 Å². The number of nitrogens with zero attached hydrogens (tertiary/aromatic N) is 3. The van der Waals surface area contributed by atoms with Crippen molar-refractivity contribution in [2.75, 3.05) is 11.1 Å². The molecule has 0 aromatic carbocycles. The zero-order valence-corrected chi connectivity index (χ0v) is 15.6. The van der Waals surface area contributed by atoms with Gasteiger partial charge in [-0.15, -0.1) is 16.4 Å². The predicted molar refractivity (Wildman–Crippen MR) is 97.5 cm³/mol. The number of allylic oxidation sites excluding steroid dienone is 2. The molecule has 0 radical (unpaired) electrons. The summed E-state index contributed by atoms with van der Waals surface area (Å²) in [6, 6.07) is 4.01. The normalized spacial score (nSPS) is 24.8. The average molecular weight is 361 g/mol. The lowest BCUT2D eigenvalue weighted by molar-refractivity contribution is -0.125. The highest BCUT2D eigenvalue weighted by Crippen LogP contribution is 2.46. The van der Waals surface area contributed by atoms with Crippen LogP contribution in [0.2, 0.25) is 0 Å². The Bertz CT molecular complexity index is 807. The molecule has 3 heterocycles. The smallest absolute Gasteiger partial charge is 0.227 e. The van der Waals surface area contributed by atoms with Crippen LogP contribution in [0.15, 0.2) is 34.4 Å². The van der Waals surface area contributed by atoms with E-state index in [1.165, 1.54) is 0 Å². The highest BCUT2D eigenvalue weighted by Gasteiger charge is 2.45. The minimum Gasteiger partial charge on any atom is -0.328 e. The zero-order chi connectivity index (χ0) is 16.9. The Balaban J connectivity index is 1.87. The van der Waals surface area contributed by atoms with Crippen LogP contribution in [0.25, 0.3) is 0 Å². The molecule has 126 valence electrons. The summed E-state index contributed by atoms with van der Waals surface area (Å²) >= 11 is 3.29. The molecule has 0 bridgehead atoms. The van der Waals surface area contributed by atoms with Crippen LogP contribution in [0.4, 0.5) is 5.95 Å². The summed E-state index contributed by atoms with van der Waals surface area (Å²) in [5.41, 5.74) is 0.849. The maximum absolute atomic E-state index is 12.9. The summed E-state index contributed by atoms with van der Waals surface area (Å²) in [6.07, 6.45) is 2.76. The fourth-order valence-electron chi connectivity index (χ4n) is 3.54. The molecule has 0 spiro atoms. The van der Waals surface area contributed by atoms with Crippen molar-refractivity contribution in [1.29, 1.82) is 0 Å². The van der Waals surface area contributed by atoms with Gasteiger partial charge < -0.3 is 5.32 Å². The second kappa shape index (κ2) is 5.74. The van der Waals surface area contributed by atoms with Gasteiger partial charge in [0, 0.05) is 17.0 Å². The lowest BCUT2D eigenvalue weighted by Crippen LogP contribution is -2.41. The van der Waals surface area contributed by atoms with E-state index in [9.17, 15) is 4.79 Å². The van der Waals surface area contributed by atoms with Crippen molar-refractivity contribution in [2.45, 2.75) is 38.4 Å². The van der Waals surface area contributed by atoms with E-state index in [1.807, 2.05) is 10.7 Å². The summed E-state index contributed by atoms with van der Waals surface area (Å²) in [4.78, 5) is 18.7. The van der Waals surface area contributed by atoms with Crippen molar-refractivity contribution in [2.24, 2.45) is 11.3 Å². The Morgan fingerprint density at radius 2 is 2.33 bits per heavy atom. The first-order valence-electron chi connectivity index (χ1n) is 8.14. The molecule has 2 aliphatic rings. The molecule has 0 fully saturated rings. The molecule has 4 rings (SSSR count). The van der Waals surface area contributed by atoms with Crippen LogP contribution >= 0.6 is 23.1 Å². The van der Waals surface area contributed by atoms with Gasteiger partial charge in [0.2, 0.25) is 11.1 Å². The van der Waals surface area contributed by atoms with E-state index in [0.717, 1.165) is 27.4 Å². The first kappa shape index (κ1) is 15.9. The molecule has 7 heteroatoms. The van der Waals surface area contributed by atoms with Gasteiger partial charge in [-0.1, -0.05) is 44.7 Å². The van der Waals surface area contributed by atoms with Gasteiger partial charge in [-0.2, -0.15) is 4.98 Å². The standard InChI is InChI=1S/C17H20N4OS2/c1-4-23-16-19-15-18-10-8-17(2,3)9-11(22)13(10)14(21(15)20-16)12-6-5-7-24-12/h5-8,13-14H,4,9H2,1-3H3,(H,18,19,20)/t13-,14-/m0/s1. The first-order chi connectivity index (χ1) is 11.5. The molecule has 1 aliphatic heterocycles. The van der Waals surface area contributed by atoms with Gasteiger partial charge in [-0.25, -0.2) is 4.68 Å². The van der Waals surface area contributed by atoms with Crippen LogP contribution in [0.5, 0.6) is 0 Å². The van der Waals surface area contributed by atoms with E-state index in [2.05, 4.69) is 53.7 Å². The molecule has 0 amide bonds. The lowest BCUT2D eigenvalue weighted by atomic mass is 9.73. The van der Waals surface area contributed by atoms with Gasteiger partial charge in [-0.3, -0.25) is 4.79 Å². The van der Waals surface area contributed by atoms with E-state index in [1.54, 1.807) is 23.1 Å². The number of hydrogen-bond donors (Lipinski definition) is 1. The van der Waals surface area contributed by atoms with Gasteiger partial charge in [-0.05, 0) is 22.6 Å². The third-order valence-corrected chi connectivity index (χ3v) is 6.08. The SMILES string of the molecule is CCSc1nc2n(n1)[C@@H](c1cccs1)[C@@H]1C(=O)CC(C)(C)C=C1N2. The third kappa shape index (κ3) is 2.59. The van der Waals surface area contributed by atoms with E-state index >= 15 is 0 Å². The number of thioether (sulfide) groups is 1. The first-order valence-corrected chi connectivity index (χ1v) is 10.0. The second-order valence-electron chi connectivity index (χ2n) is 6.89. The fraction of sp³-hybridized carbons (Fsp3) is 0.471. The number of fused-ring (bicyclic) bond motifs is 2. The number of anilines is 1. The molecule has 2 aromatic rings. The largest absolute Gasteiger partial charge is 0.328 e. The van der Waals surface area contributed by atoms with Gasteiger partial charge in [0.15, 0.2) is 0 Å². The molecule has 0 saturated heterocycles. The molecular formula is C17H20N4OS2. The number of carbonyl (C=O) groups is 1. The Hall–Kier alpha value is -1.60. The van der Waals surface area contributed by atoms with Crippen LogP contribution in [-0.4, -0.2) is 26.3 Å². The monoisotopic (exact) mass is 360 g/mol. The van der Waals surface area contributed by atoms with Crippen LogP contribution in [0.1, 0.15) is 38.1 Å². The molecule has 2 aromatic heterocycles. The number of aromatic nitrogens is 3. The predicted octanol–water partition coefficient (Wildman–Crippen LogP) is 3.97. The summed E-state index contributed by atoms with van der Waals surface area (Å²) in [5, 5.41) is 10.9. The van der Waals surface area contributed by atoms with Gasteiger partial charge in [0.25, 0.3) is 0 Å². The quantitative estimate of drug-likeness (QED) is 0.840. The molecular weight excluding hydrogens is 340 g/mol. The van der Waals surface area contributed by atoms with E-state index < -0.39 is 0 Å². The summed E-state index contributed by atoms with van der Waals surface area (Å²) in [5.74, 6) is 1.72. The van der Waals surface area contributed by atoms with Crippen molar-refractivity contribution in [3.05, 3.63) is 34.2 Å². The fourth-order valence-corrected chi connectivity index (χ4v) is 4.94. The molecule has 1 aliphatic carbocycles. The second-order valence-corrected chi connectivity index (χ2v) is 9.10. The third-order valence-electron chi connectivity index (χ3n) is 4.41. The Morgan fingerprint density at radius 1 is 1.50 bits per heavy atom. The zero-order valence-electron chi connectivity index (χ0n) is 13.9. The number of Topliss-reactive ketones (excluding diaryl/α,β-unsaturated/α-hetero) is 1. The van der Waals surface area contributed by atoms with Gasteiger partial charge in [0.05, 0.1) is 5.92 Å². The van der Waals surface area contributed by atoms with Crippen molar-refractivity contribution in [3.8, 4) is 0 Å². The van der Waals surface area contributed by atoms with Gasteiger partial charge >= 0.3 is 0 Å². The van der Waals surface area contributed by atoms with Crippen molar-refractivity contribution in [3.63, 3.8) is 0 Å². The van der Waals surface area contributed by atoms with Crippen LogP contribution in [-0.2, 0) is 4.79 Å². The number of thiophene rings is 1. The summed E-state index contributed by atoms with van der Waals surface area (Å²) in [6.45, 7) is 6.30. The molecule has 0 saturated carbocycles. The Kier molecular flexibility index (Phi) is 3.80. The van der Waals surface area contributed by atoms with E-state index in [-0.39, 0.29) is 23.2 Å². The number of rotatable bonds is 3. The number of nitrogens with one attached hydrogen (secondary N) is 1. The molecule has 0 unspecified atom stereocenters. The summed E-state index contributed by atoms with van der Waals surface area (Å²) < 4.78 is 1.90. The van der Waals surface area contributed by atoms with Crippen LogP contribution < -0.4 is 5.32 Å². The maximum Gasteiger partial charge on any atom is 0.227 e. The maximum atomic E-state index is 12.9. The average Bonchev–Trinajstić information content (AvgIpc) is 3.12. The minimum absolute atomic E-state index is 0.102. The summed E-state index contributed by atoms with van der Waals surface area (Å²) in [7, 11) is 0. The molecule has 5 nitrogen and oxygen atoms in total. The number of hydrogen-bond acceptors (Lipinski definition) is 6. The Morgan fingerprint density at radius 3 is 3.04 bits per heavy atom. The topological polar surface area (TPSA) is 59.8 Å². The van der Waals surface area contributed by atoms with E-state index in [0.29, 0.717) is 6.42 Å². The highest BCUT2D eigenvalue weighted by atomic mass is 32.2. The van der Waals surface area contributed by atoms with Crippen LogP contribution in [0, 0.1) is 11.3 Å². The lowest BCUT2D eigenvalue weighted by Gasteiger charge is -2.39.